The first-order chi connectivity index (χ1) is 11.8. The van der Waals surface area contributed by atoms with Gasteiger partial charge in [0.25, 0.3) is 0 Å². The lowest BCUT2D eigenvalue weighted by Gasteiger charge is -2.17. The second kappa shape index (κ2) is 10.2. The molecule has 2 rings (SSSR count). The molecule has 0 fully saturated rings. The third-order valence-corrected chi connectivity index (χ3v) is 4.38. The highest BCUT2D eigenvalue weighted by Crippen LogP contribution is 2.25. The van der Waals surface area contributed by atoms with Gasteiger partial charge in [0.05, 0.1) is 13.2 Å². The van der Waals surface area contributed by atoms with Crippen LogP contribution in [0.3, 0.4) is 0 Å². The van der Waals surface area contributed by atoms with Crippen molar-refractivity contribution in [2.24, 2.45) is 4.99 Å². The number of benzene rings is 1. The molecule has 0 amide bonds. The van der Waals surface area contributed by atoms with E-state index in [0.717, 1.165) is 70.4 Å². The lowest BCUT2D eigenvalue weighted by atomic mass is 10.1. The summed E-state index contributed by atoms with van der Waals surface area (Å²) in [6.07, 6.45) is 2.03. The van der Waals surface area contributed by atoms with Crippen LogP contribution in [0.25, 0.3) is 0 Å². The van der Waals surface area contributed by atoms with Crippen LogP contribution in [-0.4, -0.2) is 56.7 Å². The predicted molar refractivity (Wildman–Crippen MR) is 101 cm³/mol. The van der Waals surface area contributed by atoms with Crippen LogP contribution in [0.2, 0.25) is 0 Å². The Balaban J connectivity index is 1.78. The molecule has 5 nitrogen and oxygen atoms in total. The zero-order chi connectivity index (χ0) is 17.2. The third-order valence-electron chi connectivity index (χ3n) is 4.38. The van der Waals surface area contributed by atoms with Crippen molar-refractivity contribution in [1.29, 1.82) is 0 Å². The maximum absolute atomic E-state index is 5.56. The largest absolute Gasteiger partial charge is 0.493 e. The molecule has 1 heterocycles. The van der Waals surface area contributed by atoms with Crippen LogP contribution >= 0.6 is 0 Å². The molecule has 0 saturated heterocycles. The Morgan fingerprint density at radius 3 is 2.79 bits per heavy atom. The number of nitrogens with one attached hydrogen (secondary N) is 2. The van der Waals surface area contributed by atoms with Crippen molar-refractivity contribution in [3.8, 4) is 5.75 Å². The summed E-state index contributed by atoms with van der Waals surface area (Å²) in [6, 6.07) is 6.53. The predicted octanol–water partition coefficient (Wildman–Crippen LogP) is 2.06. The van der Waals surface area contributed by atoms with Crippen molar-refractivity contribution < 1.29 is 4.74 Å². The average molecular weight is 332 g/mol. The van der Waals surface area contributed by atoms with Crippen molar-refractivity contribution in [2.45, 2.75) is 33.6 Å². The van der Waals surface area contributed by atoms with Gasteiger partial charge < -0.3 is 20.3 Å². The molecule has 1 aromatic rings. The minimum Gasteiger partial charge on any atom is -0.493 e. The van der Waals surface area contributed by atoms with Gasteiger partial charge in [-0.05, 0) is 43.6 Å². The van der Waals surface area contributed by atoms with Gasteiger partial charge in [-0.3, -0.25) is 4.99 Å². The first-order valence-electron chi connectivity index (χ1n) is 9.25. The fourth-order valence-corrected chi connectivity index (χ4v) is 2.91. The molecule has 0 radical (unpaired) electrons. The van der Waals surface area contributed by atoms with Gasteiger partial charge >= 0.3 is 0 Å². The molecular weight excluding hydrogens is 300 g/mol. The number of rotatable bonds is 9. The van der Waals surface area contributed by atoms with Gasteiger partial charge in [-0.1, -0.05) is 26.0 Å². The third kappa shape index (κ3) is 5.71. The van der Waals surface area contributed by atoms with Crippen LogP contribution in [0.15, 0.2) is 23.2 Å². The molecule has 0 aromatic heterocycles. The second-order valence-electron chi connectivity index (χ2n) is 6.00. The Hall–Kier alpha value is -1.75. The second-order valence-corrected chi connectivity index (χ2v) is 6.00. The fourth-order valence-electron chi connectivity index (χ4n) is 2.91. The summed E-state index contributed by atoms with van der Waals surface area (Å²) in [5, 5.41) is 6.76. The van der Waals surface area contributed by atoms with Crippen molar-refractivity contribution in [2.75, 3.05) is 45.9 Å². The molecule has 1 aliphatic rings. The standard InChI is InChI=1S/C19H32N4O/c1-4-20-19(22-12-13-23(5-2)6-3)21-11-9-16-7-8-18-17(15-16)10-14-24-18/h7-8,15H,4-6,9-14H2,1-3H3,(H2,20,21,22). The van der Waals surface area contributed by atoms with E-state index in [1.165, 1.54) is 11.1 Å². The van der Waals surface area contributed by atoms with E-state index in [-0.39, 0.29) is 0 Å². The van der Waals surface area contributed by atoms with Crippen molar-refractivity contribution in [1.82, 2.24) is 15.5 Å². The van der Waals surface area contributed by atoms with Crippen LogP contribution in [0.4, 0.5) is 0 Å². The van der Waals surface area contributed by atoms with Gasteiger partial charge in [-0.15, -0.1) is 0 Å². The zero-order valence-electron chi connectivity index (χ0n) is 15.4. The molecule has 1 aromatic carbocycles. The average Bonchev–Trinajstić information content (AvgIpc) is 3.06. The highest BCUT2D eigenvalue weighted by Gasteiger charge is 2.11. The quantitative estimate of drug-likeness (QED) is 0.537. The van der Waals surface area contributed by atoms with E-state index in [0.29, 0.717) is 0 Å². The summed E-state index contributed by atoms with van der Waals surface area (Å²) in [5.41, 5.74) is 2.69. The van der Waals surface area contributed by atoms with E-state index in [2.05, 4.69) is 59.5 Å². The minimum absolute atomic E-state index is 0.820. The zero-order valence-corrected chi connectivity index (χ0v) is 15.4. The molecular formula is C19H32N4O. The molecule has 5 heteroatoms. The first-order valence-corrected chi connectivity index (χ1v) is 9.25. The number of hydrogen-bond acceptors (Lipinski definition) is 3. The SMILES string of the molecule is CCNC(=NCCN(CC)CC)NCCc1ccc2c(c1)CCO2. The summed E-state index contributed by atoms with van der Waals surface area (Å²) < 4.78 is 5.56. The molecule has 0 atom stereocenters. The monoisotopic (exact) mass is 332 g/mol. The lowest BCUT2D eigenvalue weighted by Crippen LogP contribution is -2.39. The van der Waals surface area contributed by atoms with Gasteiger partial charge in [-0.2, -0.15) is 0 Å². The van der Waals surface area contributed by atoms with Gasteiger partial charge in [0.1, 0.15) is 5.75 Å². The maximum atomic E-state index is 5.56. The van der Waals surface area contributed by atoms with Crippen LogP contribution in [0.1, 0.15) is 31.9 Å². The van der Waals surface area contributed by atoms with E-state index in [1.54, 1.807) is 0 Å². The number of fused-ring (bicyclic) bond motifs is 1. The first kappa shape index (κ1) is 18.6. The topological polar surface area (TPSA) is 48.9 Å². The maximum Gasteiger partial charge on any atom is 0.191 e. The van der Waals surface area contributed by atoms with Crippen molar-refractivity contribution >= 4 is 5.96 Å². The van der Waals surface area contributed by atoms with E-state index in [4.69, 9.17) is 4.74 Å². The summed E-state index contributed by atoms with van der Waals surface area (Å²) in [6.45, 7) is 13.1. The van der Waals surface area contributed by atoms with E-state index >= 15 is 0 Å². The lowest BCUT2D eigenvalue weighted by molar-refractivity contribution is 0.313. The van der Waals surface area contributed by atoms with Crippen LogP contribution in [0.5, 0.6) is 5.75 Å². The van der Waals surface area contributed by atoms with E-state index < -0.39 is 0 Å². The number of aliphatic imine (C=N–C) groups is 1. The summed E-state index contributed by atoms with van der Waals surface area (Å²) in [7, 11) is 0. The molecule has 134 valence electrons. The highest BCUT2D eigenvalue weighted by atomic mass is 16.5. The molecule has 0 spiro atoms. The van der Waals surface area contributed by atoms with E-state index in [9.17, 15) is 0 Å². The normalized spacial score (nSPS) is 13.8. The smallest absolute Gasteiger partial charge is 0.191 e. The molecule has 1 aliphatic heterocycles. The summed E-state index contributed by atoms with van der Waals surface area (Å²) in [5.74, 6) is 1.96. The van der Waals surface area contributed by atoms with Gasteiger partial charge in [-0.25, -0.2) is 0 Å². The van der Waals surface area contributed by atoms with Gasteiger partial charge in [0.15, 0.2) is 5.96 Å². The van der Waals surface area contributed by atoms with Crippen LogP contribution in [0, 0.1) is 0 Å². The Labute approximate surface area is 146 Å². The van der Waals surface area contributed by atoms with Crippen molar-refractivity contribution in [3.05, 3.63) is 29.3 Å². The van der Waals surface area contributed by atoms with E-state index in [1.807, 2.05) is 0 Å². The van der Waals surface area contributed by atoms with Gasteiger partial charge in [0, 0.05) is 26.1 Å². The molecule has 2 N–H and O–H groups in total. The molecule has 0 unspecified atom stereocenters. The Kier molecular flexibility index (Phi) is 7.89. The summed E-state index contributed by atoms with van der Waals surface area (Å²) >= 11 is 0. The number of ether oxygens (including phenoxy) is 1. The Morgan fingerprint density at radius 1 is 1.21 bits per heavy atom. The summed E-state index contributed by atoms with van der Waals surface area (Å²) in [4.78, 5) is 7.06. The van der Waals surface area contributed by atoms with Crippen LogP contribution < -0.4 is 15.4 Å². The number of guanidine groups is 1. The Bertz CT molecular complexity index is 526. The number of nitrogens with zero attached hydrogens (tertiary/aromatic N) is 2. The van der Waals surface area contributed by atoms with Gasteiger partial charge in [0.2, 0.25) is 0 Å². The highest BCUT2D eigenvalue weighted by molar-refractivity contribution is 5.79. The number of hydrogen-bond donors (Lipinski definition) is 2. The Morgan fingerprint density at radius 2 is 2.04 bits per heavy atom. The van der Waals surface area contributed by atoms with Crippen molar-refractivity contribution in [3.63, 3.8) is 0 Å². The fraction of sp³-hybridized carbons (Fsp3) is 0.632. The minimum atomic E-state index is 0.820. The molecule has 0 bridgehead atoms. The molecule has 0 saturated carbocycles. The molecule has 24 heavy (non-hydrogen) atoms. The van der Waals surface area contributed by atoms with Crippen LogP contribution in [-0.2, 0) is 12.8 Å². The number of likely N-dealkylation sites (N-methyl/N-ethyl adjacent to an activating group) is 1. The molecule has 0 aliphatic carbocycles.